The van der Waals surface area contributed by atoms with Gasteiger partial charge in [-0.25, -0.2) is 0 Å². The van der Waals surface area contributed by atoms with Crippen molar-refractivity contribution in [3.05, 3.63) is 0 Å². The van der Waals surface area contributed by atoms with Crippen molar-refractivity contribution in [1.82, 2.24) is 0 Å². The second kappa shape index (κ2) is 11.3. The van der Waals surface area contributed by atoms with Gasteiger partial charge in [0.15, 0.2) is 5.90 Å². The van der Waals surface area contributed by atoms with Crippen molar-refractivity contribution in [3.8, 4) is 0 Å². The second-order valence-electron chi connectivity index (χ2n) is 10.7. The van der Waals surface area contributed by atoms with E-state index in [0.717, 1.165) is 0 Å². The van der Waals surface area contributed by atoms with Crippen LogP contribution in [0.3, 0.4) is 0 Å². The molecule has 27 heavy (non-hydrogen) atoms. The smallest absolute Gasteiger partial charge is 0.0530 e. The predicted octanol–water partition coefficient (Wildman–Crippen LogP) is 8.70. The Labute approximate surface area is 172 Å². The van der Waals surface area contributed by atoms with Crippen LogP contribution in [0.1, 0.15) is 128 Å². The third-order valence-corrected chi connectivity index (χ3v) is 18.7. The van der Waals surface area contributed by atoms with Crippen molar-refractivity contribution >= 4 is 15.8 Å². The van der Waals surface area contributed by atoms with Crippen LogP contribution in [0.2, 0.25) is 0 Å². The van der Waals surface area contributed by atoms with E-state index in [1.165, 1.54) is 22.6 Å². The molecule has 0 heterocycles. The minimum Gasteiger partial charge on any atom is -0.0530 e. The summed E-state index contributed by atoms with van der Waals surface area (Å²) in [5, 5.41) is 0. The Kier molecular flexibility index (Phi) is 8.84. The molecule has 0 aliphatic heterocycles. The molecule has 4 aliphatic rings. The third kappa shape index (κ3) is 5.94. The Bertz CT molecular complexity index is 325. The van der Waals surface area contributed by atoms with Crippen molar-refractivity contribution in [2.45, 2.75) is 151 Å². The summed E-state index contributed by atoms with van der Waals surface area (Å²) in [7, 11) is -0.192. The van der Waals surface area contributed by atoms with E-state index in [-0.39, 0.29) is 15.8 Å². The van der Waals surface area contributed by atoms with Gasteiger partial charge in [-0.1, -0.05) is 25.7 Å². The van der Waals surface area contributed by atoms with Gasteiger partial charge in [0.1, 0.15) is 0 Å². The highest BCUT2D eigenvalue weighted by Gasteiger charge is 2.46. The monoisotopic (exact) mass is 410 g/mol. The van der Waals surface area contributed by atoms with E-state index in [2.05, 4.69) is 0 Å². The molecule has 0 N–H and O–H groups in total. The topological polar surface area (TPSA) is 0 Å². The average Bonchev–Trinajstić information content (AvgIpc) is 2.77. The summed E-state index contributed by atoms with van der Waals surface area (Å²) in [6.07, 6.45) is 32.1. The van der Waals surface area contributed by atoms with E-state index < -0.39 is 0 Å². The Balaban J connectivity index is 1.49. The van der Waals surface area contributed by atoms with Gasteiger partial charge in [-0.15, -0.1) is 0 Å². The highest BCUT2D eigenvalue weighted by atomic mass is 31.2. The van der Waals surface area contributed by atoms with Crippen molar-refractivity contribution in [3.63, 3.8) is 0 Å². The fraction of sp³-hybridized carbons (Fsp3) is 1.00. The van der Waals surface area contributed by atoms with Crippen LogP contribution < -0.4 is 0 Å². The van der Waals surface area contributed by atoms with Gasteiger partial charge in [0, 0.05) is 15.8 Å². The minimum absolute atomic E-state index is 0.0959. The SMILES string of the molecule is C1CCC([PH+](C[PH+](C2CCCCC2)C2CCCCC2)C2CCCCC2)CC1. The van der Waals surface area contributed by atoms with Gasteiger partial charge >= 0.3 is 0 Å². The lowest BCUT2D eigenvalue weighted by Gasteiger charge is -2.37. The maximum absolute atomic E-state index is 1.86. The van der Waals surface area contributed by atoms with Crippen molar-refractivity contribution in [1.29, 1.82) is 0 Å². The fourth-order valence-electron chi connectivity index (χ4n) is 7.37. The van der Waals surface area contributed by atoms with E-state index in [1.807, 2.05) is 5.90 Å². The normalized spacial score (nSPS) is 28.2. The predicted molar refractivity (Wildman–Crippen MR) is 129 cm³/mol. The van der Waals surface area contributed by atoms with Crippen LogP contribution in [-0.4, -0.2) is 28.5 Å². The van der Waals surface area contributed by atoms with E-state index in [1.54, 1.807) is 128 Å². The fourth-order valence-corrected chi connectivity index (χ4v) is 19.8. The van der Waals surface area contributed by atoms with Gasteiger partial charge in [0.05, 0.1) is 22.6 Å². The minimum atomic E-state index is -0.0959. The lowest BCUT2D eigenvalue weighted by atomic mass is 9.99. The van der Waals surface area contributed by atoms with Gasteiger partial charge in [-0.2, -0.15) is 0 Å². The molecule has 4 aliphatic carbocycles. The molecule has 4 saturated carbocycles. The summed E-state index contributed by atoms with van der Waals surface area (Å²) in [5.74, 6) is 1.86. The van der Waals surface area contributed by atoms with E-state index in [9.17, 15) is 0 Å². The van der Waals surface area contributed by atoms with Crippen LogP contribution >= 0.6 is 15.8 Å². The summed E-state index contributed by atoms with van der Waals surface area (Å²) in [5.41, 5.74) is 4.94. The Morgan fingerprint density at radius 2 is 0.556 bits per heavy atom. The quantitative estimate of drug-likeness (QED) is 0.384. The van der Waals surface area contributed by atoms with Gasteiger partial charge in [-0.3, -0.25) is 0 Å². The maximum Gasteiger partial charge on any atom is 0.156 e. The molecule has 0 radical (unpaired) electrons. The first kappa shape index (κ1) is 21.1. The first-order valence-electron chi connectivity index (χ1n) is 13.1. The molecular formula is C25H48P2+2. The molecule has 0 nitrogen and oxygen atoms in total. The summed E-state index contributed by atoms with van der Waals surface area (Å²) < 4.78 is 0. The first-order valence-corrected chi connectivity index (χ1v) is 16.9. The van der Waals surface area contributed by atoms with Crippen LogP contribution in [0.4, 0.5) is 0 Å². The average molecular weight is 411 g/mol. The zero-order valence-electron chi connectivity index (χ0n) is 18.2. The highest BCUT2D eigenvalue weighted by molar-refractivity contribution is 7.76. The van der Waals surface area contributed by atoms with Gasteiger partial charge < -0.3 is 0 Å². The van der Waals surface area contributed by atoms with Gasteiger partial charge in [-0.05, 0) is 103 Å². The van der Waals surface area contributed by atoms with Crippen molar-refractivity contribution in [2.24, 2.45) is 0 Å². The molecule has 0 spiro atoms. The molecule has 0 saturated heterocycles. The molecule has 0 aromatic carbocycles. The van der Waals surface area contributed by atoms with Gasteiger partial charge in [0.25, 0.3) is 0 Å². The number of rotatable bonds is 6. The molecular weight excluding hydrogens is 362 g/mol. The van der Waals surface area contributed by atoms with E-state index >= 15 is 0 Å². The number of hydrogen-bond donors (Lipinski definition) is 0. The van der Waals surface area contributed by atoms with Crippen molar-refractivity contribution in [2.75, 3.05) is 5.90 Å². The van der Waals surface area contributed by atoms with Crippen LogP contribution in [0.15, 0.2) is 0 Å². The summed E-state index contributed by atoms with van der Waals surface area (Å²) in [6, 6.07) is 0. The number of hydrogen-bond acceptors (Lipinski definition) is 0. The summed E-state index contributed by atoms with van der Waals surface area (Å²) >= 11 is 0. The molecule has 0 amide bonds. The summed E-state index contributed by atoms with van der Waals surface area (Å²) in [4.78, 5) is 0. The first-order chi connectivity index (χ1) is 13.4. The maximum atomic E-state index is 1.86. The standard InChI is InChI=1S/C25H46P2/c1-5-13-22(14-6-1)26(23-15-7-2-8-16-23)21-27(24-17-9-3-10-18-24)25-19-11-4-12-20-25/h22-25H,1-21H2/p+2. The zero-order chi connectivity index (χ0) is 18.3. The Hall–Kier alpha value is 0.860. The second-order valence-corrected chi connectivity index (χ2v) is 17.6. The Morgan fingerprint density at radius 3 is 0.778 bits per heavy atom. The van der Waals surface area contributed by atoms with Crippen LogP contribution in [0.25, 0.3) is 0 Å². The molecule has 0 unspecified atom stereocenters. The van der Waals surface area contributed by atoms with E-state index in [4.69, 9.17) is 0 Å². The largest absolute Gasteiger partial charge is 0.156 e. The summed E-state index contributed by atoms with van der Waals surface area (Å²) in [6.45, 7) is 0. The lowest BCUT2D eigenvalue weighted by Crippen LogP contribution is -2.26. The molecule has 4 rings (SSSR count). The highest BCUT2D eigenvalue weighted by Crippen LogP contribution is 2.67. The third-order valence-electron chi connectivity index (χ3n) is 8.93. The molecule has 4 fully saturated rings. The molecule has 0 aromatic rings. The van der Waals surface area contributed by atoms with Crippen LogP contribution in [-0.2, 0) is 0 Å². The molecule has 0 aromatic heterocycles. The lowest BCUT2D eigenvalue weighted by molar-refractivity contribution is 0.481. The molecule has 2 heteroatoms. The zero-order valence-corrected chi connectivity index (χ0v) is 20.2. The molecule has 156 valence electrons. The van der Waals surface area contributed by atoms with E-state index in [0.29, 0.717) is 0 Å². The molecule has 0 bridgehead atoms. The van der Waals surface area contributed by atoms with Crippen molar-refractivity contribution < 1.29 is 0 Å². The molecule has 0 atom stereocenters. The Morgan fingerprint density at radius 1 is 0.333 bits per heavy atom. The van der Waals surface area contributed by atoms with Crippen LogP contribution in [0.5, 0.6) is 0 Å². The van der Waals surface area contributed by atoms with Gasteiger partial charge in [0.2, 0.25) is 0 Å². The van der Waals surface area contributed by atoms with Crippen LogP contribution in [0, 0.1) is 0 Å².